The Bertz CT molecular complexity index is 220. The summed E-state index contributed by atoms with van der Waals surface area (Å²) in [6.45, 7) is 2.44. The van der Waals surface area contributed by atoms with Gasteiger partial charge in [0.25, 0.3) is 0 Å². The van der Waals surface area contributed by atoms with Gasteiger partial charge in [0.1, 0.15) is 0 Å². The minimum Gasteiger partial charge on any atom is -0.396 e. The van der Waals surface area contributed by atoms with Crippen LogP contribution in [0.3, 0.4) is 0 Å². The van der Waals surface area contributed by atoms with Crippen molar-refractivity contribution in [3.8, 4) is 0 Å². The standard InChI is InChI=1S/C9H14OS2/c1-2-11-7-9-4-3-8(12-9)5-6-10/h3-4,10H,2,5-7H2,1H3. The van der Waals surface area contributed by atoms with Crippen molar-refractivity contribution in [3.63, 3.8) is 0 Å². The zero-order valence-corrected chi connectivity index (χ0v) is 8.88. The third-order valence-corrected chi connectivity index (χ3v) is 3.78. The minimum atomic E-state index is 0.265. The van der Waals surface area contributed by atoms with E-state index < -0.39 is 0 Å². The van der Waals surface area contributed by atoms with Gasteiger partial charge < -0.3 is 5.11 Å². The molecule has 1 heterocycles. The van der Waals surface area contributed by atoms with Gasteiger partial charge in [0.15, 0.2) is 0 Å². The van der Waals surface area contributed by atoms with Crippen LogP contribution in [0, 0.1) is 0 Å². The van der Waals surface area contributed by atoms with Gasteiger partial charge in [-0.3, -0.25) is 0 Å². The lowest BCUT2D eigenvalue weighted by Gasteiger charge is -1.92. The summed E-state index contributed by atoms with van der Waals surface area (Å²) in [6.07, 6.45) is 0.807. The summed E-state index contributed by atoms with van der Waals surface area (Å²) in [5.41, 5.74) is 0. The number of hydrogen-bond acceptors (Lipinski definition) is 3. The van der Waals surface area contributed by atoms with E-state index in [1.54, 1.807) is 0 Å². The predicted octanol–water partition coefficient (Wildman–Crippen LogP) is 2.54. The number of aliphatic hydroxyl groups excluding tert-OH is 1. The molecule has 0 saturated heterocycles. The summed E-state index contributed by atoms with van der Waals surface area (Å²) < 4.78 is 0. The van der Waals surface area contributed by atoms with Crippen LogP contribution in [0.25, 0.3) is 0 Å². The van der Waals surface area contributed by atoms with E-state index in [-0.39, 0.29) is 6.61 Å². The molecule has 0 aromatic carbocycles. The highest BCUT2D eigenvalue weighted by Crippen LogP contribution is 2.21. The average Bonchev–Trinajstić information content (AvgIpc) is 2.50. The van der Waals surface area contributed by atoms with Gasteiger partial charge >= 0.3 is 0 Å². The van der Waals surface area contributed by atoms with Crippen molar-refractivity contribution in [2.24, 2.45) is 0 Å². The number of thioether (sulfide) groups is 1. The molecule has 1 rings (SSSR count). The van der Waals surface area contributed by atoms with Crippen molar-refractivity contribution in [2.75, 3.05) is 12.4 Å². The molecule has 0 aliphatic heterocycles. The van der Waals surface area contributed by atoms with Crippen LogP contribution in [0.1, 0.15) is 16.7 Å². The van der Waals surface area contributed by atoms with Crippen molar-refractivity contribution in [2.45, 2.75) is 19.1 Å². The SMILES string of the molecule is CCSCc1ccc(CCO)s1. The van der Waals surface area contributed by atoms with Crippen LogP contribution < -0.4 is 0 Å². The van der Waals surface area contributed by atoms with Crippen LogP contribution in [0.4, 0.5) is 0 Å². The largest absolute Gasteiger partial charge is 0.396 e. The van der Waals surface area contributed by atoms with Crippen LogP contribution in [0.15, 0.2) is 12.1 Å². The quantitative estimate of drug-likeness (QED) is 0.792. The molecular weight excluding hydrogens is 188 g/mol. The average molecular weight is 202 g/mol. The Balaban J connectivity index is 2.41. The van der Waals surface area contributed by atoms with Crippen molar-refractivity contribution >= 4 is 23.1 Å². The summed E-state index contributed by atoms with van der Waals surface area (Å²) in [4.78, 5) is 2.72. The lowest BCUT2D eigenvalue weighted by molar-refractivity contribution is 0.300. The molecule has 0 spiro atoms. The van der Waals surface area contributed by atoms with E-state index in [9.17, 15) is 0 Å². The van der Waals surface area contributed by atoms with Gasteiger partial charge in [-0.05, 0) is 17.9 Å². The molecule has 3 heteroatoms. The third-order valence-electron chi connectivity index (χ3n) is 1.52. The molecule has 0 atom stereocenters. The van der Waals surface area contributed by atoms with Gasteiger partial charge in [-0.2, -0.15) is 11.8 Å². The van der Waals surface area contributed by atoms with Gasteiger partial charge in [-0.25, -0.2) is 0 Å². The molecule has 1 aromatic heterocycles. The van der Waals surface area contributed by atoms with Crippen molar-refractivity contribution in [3.05, 3.63) is 21.9 Å². The highest BCUT2D eigenvalue weighted by Gasteiger charge is 1.98. The van der Waals surface area contributed by atoms with Gasteiger partial charge in [0, 0.05) is 28.5 Å². The first-order chi connectivity index (χ1) is 5.86. The lowest BCUT2D eigenvalue weighted by atomic mass is 10.3. The number of thiophene rings is 1. The molecule has 0 saturated carbocycles. The van der Waals surface area contributed by atoms with Crippen molar-refractivity contribution in [1.82, 2.24) is 0 Å². The highest BCUT2D eigenvalue weighted by molar-refractivity contribution is 7.98. The fourth-order valence-electron chi connectivity index (χ4n) is 0.947. The highest BCUT2D eigenvalue weighted by atomic mass is 32.2. The summed E-state index contributed by atoms with van der Waals surface area (Å²) in [6, 6.07) is 4.28. The van der Waals surface area contributed by atoms with E-state index in [1.807, 2.05) is 23.1 Å². The molecule has 1 nitrogen and oxygen atoms in total. The molecule has 0 fully saturated rings. The smallest absolute Gasteiger partial charge is 0.0479 e. The van der Waals surface area contributed by atoms with E-state index in [1.165, 1.54) is 15.5 Å². The second-order valence-corrected chi connectivity index (χ2v) is 5.01. The predicted molar refractivity (Wildman–Crippen MR) is 56.9 cm³/mol. The maximum absolute atomic E-state index is 8.71. The number of rotatable bonds is 5. The molecule has 68 valence electrons. The van der Waals surface area contributed by atoms with E-state index in [0.29, 0.717) is 0 Å². The molecule has 0 amide bonds. The monoisotopic (exact) mass is 202 g/mol. The molecule has 0 aliphatic carbocycles. The fourth-order valence-corrected chi connectivity index (χ4v) is 2.74. The number of hydrogen-bond donors (Lipinski definition) is 1. The van der Waals surface area contributed by atoms with Gasteiger partial charge in [0.05, 0.1) is 0 Å². The van der Waals surface area contributed by atoms with E-state index >= 15 is 0 Å². The maximum atomic E-state index is 8.71. The third kappa shape index (κ3) is 3.17. The maximum Gasteiger partial charge on any atom is 0.0479 e. The summed E-state index contributed by atoms with van der Waals surface area (Å²) in [5.74, 6) is 2.29. The Morgan fingerprint density at radius 3 is 2.83 bits per heavy atom. The zero-order chi connectivity index (χ0) is 8.81. The van der Waals surface area contributed by atoms with Crippen LogP contribution in [0.5, 0.6) is 0 Å². The Morgan fingerprint density at radius 2 is 2.17 bits per heavy atom. The topological polar surface area (TPSA) is 20.2 Å². The lowest BCUT2D eigenvalue weighted by Crippen LogP contribution is -1.84. The van der Waals surface area contributed by atoms with E-state index in [0.717, 1.165) is 12.2 Å². The van der Waals surface area contributed by atoms with Crippen molar-refractivity contribution < 1.29 is 5.11 Å². The minimum absolute atomic E-state index is 0.265. The summed E-state index contributed by atoms with van der Waals surface area (Å²) in [7, 11) is 0. The van der Waals surface area contributed by atoms with Crippen molar-refractivity contribution in [1.29, 1.82) is 0 Å². The van der Waals surface area contributed by atoms with Crippen LogP contribution in [-0.2, 0) is 12.2 Å². The Hall–Kier alpha value is 0.01000. The second kappa shape index (κ2) is 5.62. The number of aliphatic hydroxyl groups is 1. The normalized spacial score (nSPS) is 10.5. The van der Waals surface area contributed by atoms with Crippen LogP contribution in [0.2, 0.25) is 0 Å². The molecule has 0 radical (unpaired) electrons. The first-order valence-electron chi connectivity index (χ1n) is 4.13. The summed E-state index contributed by atoms with van der Waals surface area (Å²) in [5, 5.41) is 8.71. The Labute approximate surface area is 81.8 Å². The molecule has 0 bridgehead atoms. The first-order valence-corrected chi connectivity index (χ1v) is 6.10. The molecular formula is C9H14OS2. The molecule has 0 unspecified atom stereocenters. The zero-order valence-electron chi connectivity index (χ0n) is 7.25. The molecule has 12 heavy (non-hydrogen) atoms. The first kappa shape index (κ1) is 10.1. The van der Waals surface area contributed by atoms with Gasteiger partial charge in [-0.15, -0.1) is 11.3 Å². The fraction of sp³-hybridized carbons (Fsp3) is 0.556. The molecule has 1 N–H and O–H groups in total. The molecule has 1 aromatic rings. The van der Waals surface area contributed by atoms with Gasteiger partial charge in [-0.1, -0.05) is 6.92 Å². The van der Waals surface area contributed by atoms with Crippen LogP contribution in [-0.4, -0.2) is 17.5 Å². The molecule has 0 aliphatic rings. The van der Waals surface area contributed by atoms with E-state index in [4.69, 9.17) is 5.11 Å². The van der Waals surface area contributed by atoms with Gasteiger partial charge in [0.2, 0.25) is 0 Å². The van der Waals surface area contributed by atoms with E-state index in [2.05, 4.69) is 19.1 Å². The summed E-state index contributed by atoms with van der Waals surface area (Å²) >= 11 is 3.76. The second-order valence-electron chi connectivity index (χ2n) is 2.48. The Kier molecular flexibility index (Phi) is 4.73. The van der Waals surface area contributed by atoms with Crippen LogP contribution >= 0.6 is 23.1 Å². The Morgan fingerprint density at radius 1 is 1.42 bits per heavy atom.